The molecular formula is C14H27N3O4. The first-order valence-electron chi connectivity index (χ1n) is 7.29. The van der Waals surface area contributed by atoms with Crippen LogP contribution in [0.25, 0.3) is 0 Å². The molecule has 0 spiro atoms. The highest BCUT2D eigenvalue weighted by atomic mass is 16.5. The van der Waals surface area contributed by atoms with Crippen LogP contribution in [0.3, 0.4) is 0 Å². The molecule has 21 heavy (non-hydrogen) atoms. The molecule has 0 saturated carbocycles. The van der Waals surface area contributed by atoms with E-state index in [0.717, 1.165) is 12.8 Å². The van der Waals surface area contributed by atoms with Gasteiger partial charge in [-0.3, -0.25) is 20.2 Å². The molecule has 1 unspecified atom stereocenters. The van der Waals surface area contributed by atoms with Gasteiger partial charge < -0.3 is 10.1 Å². The number of imide groups is 1. The Bertz CT molecular complexity index is 345. The van der Waals surface area contributed by atoms with Crippen LogP contribution in [-0.4, -0.2) is 44.1 Å². The smallest absolute Gasteiger partial charge is 0.322 e. The standard InChI is InChI=1S/C14H27N3O4/c1-5-6-7-15-14(20)17-12(18)9-16-11(8-10(2)3)13(19)21-4/h10-11,16H,5-9H2,1-4H3,(H2,15,17,18,20). The Hall–Kier alpha value is -1.63. The molecule has 0 aromatic heterocycles. The number of urea groups is 1. The number of methoxy groups -OCH3 is 1. The molecule has 7 nitrogen and oxygen atoms in total. The van der Waals surface area contributed by atoms with Crippen molar-refractivity contribution in [2.75, 3.05) is 20.2 Å². The Morgan fingerprint density at radius 2 is 1.86 bits per heavy atom. The molecule has 0 rings (SSSR count). The zero-order chi connectivity index (χ0) is 16.3. The van der Waals surface area contributed by atoms with Gasteiger partial charge in [0.1, 0.15) is 6.04 Å². The minimum Gasteiger partial charge on any atom is -0.468 e. The van der Waals surface area contributed by atoms with E-state index in [0.29, 0.717) is 13.0 Å². The molecular weight excluding hydrogens is 274 g/mol. The molecule has 0 saturated heterocycles. The summed E-state index contributed by atoms with van der Waals surface area (Å²) in [5, 5.41) is 7.59. The van der Waals surface area contributed by atoms with Crippen LogP contribution in [0.1, 0.15) is 40.0 Å². The third kappa shape index (κ3) is 9.84. The summed E-state index contributed by atoms with van der Waals surface area (Å²) in [7, 11) is 1.30. The minimum atomic E-state index is -0.552. The van der Waals surface area contributed by atoms with E-state index in [1.807, 2.05) is 20.8 Å². The molecule has 0 heterocycles. The van der Waals surface area contributed by atoms with E-state index in [1.54, 1.807) is 0 Å². The lowest BCUT2D eigenvalue weighted by Gasteiger charge is -2.17. The van der Waals surface area contributed by atoms with Crippen LogP contribution in [0, 0.1) is 5.92 Å². The molecule has 0 aromatic carbocycles. The first-order chi connectivity index (χ1) is 9.90. The van der Waals surface area contributed by atoms with E-state index in [9.17, 15) is 14.4 Å². The lowest BCUT2D eigenvalue weighted by atomic mass is 10.0. The quantitative estimate of drug-likeness (QED) is 0.432. The summed E-state index contributed by atoms with van der Waals surface area (Å²) < 4.78 is 4.68. The summed E-state index contributed by atoms with van der Waals surface area (Å²) in [6.07, 6.45) is 2.38. The molecule has 1 atom stereocenters. The zero-order valence-electron chi connectivity index (χ0n) is 13.3. The van der Waals surface area contributed by atoms with Crippen molar-refractivity contribution in [3.8, 4) is 0 Å². The average molecular weight is 301 g/mol. The average Bonchev–Trinajstić information content (AvgIpc) is 2.42. The molecule has 0 radical (unpaired) electrons. The van der Waals surface area contributed by atoms with Crippen molar-refractivity contribution < 1.29 is 19.1 Å². The van der Waals surface area contributed by atoms with Crippen molar-refractivity contribution in [2.24, 2.45) is 5.92 Å². The Labute approximate surface area is 126 Å². The van der Waals surface area contributed by atoms with Crippen molar-refractivity contribution in [3.05, 3.63) is 0 Å². The lowest BCUT2D eigenvalue weighted by molar-refractivity contribution is -0.143. The lowest BCUT2D eigenvalue weighted by Crippen LogP contribution is -2.47. The number of esters is 1. The zero-order valence-corrected chi connectivity index (χ0v) is 13.3. The van der Waals surface area contributed by atoms with Gasteiger partial charge >= 0.3 is 12.0 Å². The number of hydrogen-bond acceptors (Lipinski definition) is 5. The number of carbonyl (C=O) groups is 3. The molecule has 0 aliphatic carbocycles. The molecule has 0 aliphatic heterocycles. The summed E-state index contributed by atoms with van der Waals surface area (Å²) in [4.78, 5) is 34.5. The summed E-state index contributed by atoms with van der Waals surface area (Å²) >= 11 is 0. The largest absolute Gasteiger partial charge is 0.468 e. The van der Waals surface area contributed by atoms with Crippen molar-refractivity contribution >= 4 is 17.9 Å². The van der Waals surface area contributed by atoms with Crippen LogP contribution in [0.15, 0.2) is 0 Å². The van der Waals surface area contributed by atoms with Crippen LogP contribution >= 0.6 is 0 Å². The highest BCUT2D eigenvalue weighted by Crippen LogP contribution is 2.05. The molecule has 3 N–H and O–H groups in total. The fraction of sp³-hybridized carbons (Fsp3) is 0.786. The number of carbonyl (C=O) groups excluding carboxylic acids is 3. The van der Waals surface area contributed by atoms with Gasteiger partial charge in [0.2, 0.25) is 5.91 Å². The van der Waals surface area contributed by atoms with Gasteiger partial charge in [-0.05, 0) is 18.8 Å². The van der Waals surface area contributed by atoms with E-state index in [4.69, 9.17) is 0 Å². The number of nitrogens with one attached hydrogen (secondary N) is 3. The molecule has 0 aromatic rings. The second-order valence-corrected chi connectivity index (χ2v) is 5.24. The van der Waals surface area contributed by atoms with Gasteiger partial charge in [0.15, 0.2) is 0 Å². The van der Waals surface area contributed by atoms with Crippen molar-refractivity contribution in [3.63, 3.8) is 0 Å². The fourth-order valence-corrected chi connectivity index (χ4v) is 1.69. The van der Waals surface area contributed by atoms with Crippen LogP contribution in [0.2, 0.25) is 0 Å². The van der Waals surface area contributed by atoms with Crippen molar-refractivity contribution in [1.82, 2.24) is 16.0 Å². The third-order valence-electron chi connectivity index (χ3n) is 2.77. The van der Waals surface area contributed by atoms with Gasteiger partial charge in [-0.15, -0.1) is 0 Å². The van der Waals surface area contributed by atoms with Gasteiger partial charge in [-0.25, -0.2) is 4.79 Å². The Kier molecular flexibility index (Phi) is 10.2. The van der Waals surface area contributed by atoms with Gasteiger partial charge in [0.05, 0.1) is 13.7 Å². The predicted molar refractivity (Wildman–Crippen MR) is 79.7 cm³/mol. The Morgan fingerprint density at radius 3 is 2.38 bits per heavy atom. The number of rotatable bonds is 9. The highest BCUT2D eigenvalue weighted by molar-refractivity contribution is 5.95. The number of ether oxygens (including phenoxy) is 1. The third-order valence-corrected chi connectivity index (χ3v) is 2.77. The molecule has 0 aliphatic rings. The monoisotopic (exact) mass is 301 g/mol. The number of unbranched alkanes of at least 4 members (excludes halogenated alkanes) is 1. The van der Waals surface area contributed by atoms with Crippen LogP contribution in [0.4, 0.5) is 4.79 Å². The summed E-state index contributed by atoms with van der Waals surface area (Å²) in [6.45, 7) is 6.36. The van der Waals surface area contributed by atoms with Crippen molar-refractivity contribution in [2.45, 2.75) is 46.1 Å². The van der Waals surface area contributed by atoms with Crippen LogP contribution < -0.4 is 16.0 Å². The van der Waals surface area contributed by atoms with E-state index in [-0.39, 0.29) is 12.5 Å². The summed E-state index contributed by atoms with van der Waals surface area (Å²) in [5.41, 5.74) is 0. The molecule has 0 fully saturated rings. The van der Waals surface area contributed by atoms with Gasteiger partial charge in [0.25, 0.3) is 0 Å². The van der Waals surface area contributed by atoms with E-state index >= 15 is 0 Å². The molecule has 122 valence electrons. The molecule has 3 amide bonds. The summed E-state index contributed by atoms with van der Waals surface area (Å²) in [6, 6.07) is -1.07. The van der Waals surface area contributed by atoms with E-state index < -0.39 is 23.9 Å². The second kappa shape index (κ2) is 11.1. The van der Waals surface area contributed by atoms with Gasteiger partial charge in [-0.2, -0.15) is 0 Å². The topological polar surface area (TPSA) is 96.5 Å². The van der Waals surface area contributed by atoms with Crippen LogP contribution in [0.5, 0.6) is 0 Å². The first kappa shape index (κ1) is 19.4. The maximum Gasteiger partial charge on any atom is 0.322 e. The van der Waals surface area contributed by atoms with E-state index in [2.05, 4.69) is 20.7 Å². The minimum absolute atomic E-state index is 0.117. The SMILES string of the molecule is CCCCNC(=O)NC(=O)CNC(CC(C)C)C(=O)OC. The Balaban J connectivity index is 4.12. The van der Waals surface area contributed by atoms with Gasteiger partial charge in [-0.1, -0.05) is 27.2 Å². The normalized spacial score (nSPS) is 11.9. The maximum absolute atomic E-state index is 11.6. The number of hydrogen-bond donors (Lipinski definition) is 3. The maximum atomic E-state index is 11.6. The van der Waals surface area contributed by atoms with Gasteiger partial charge in [0, 0.05) is 6.54 Å². The molecule has 7 heteroatoms. The molecule has 0 bridgehead atoms. The fourth-order valence-electron chi connectivity index (χ4n) is 1.69. The predicted octanol–water partition coefficient (Wildman–Crippen LogP) is 0.790. The first-order valence-corrected chi connectivity index (χ1v) is 7.29. The van der Waals surface area contributed by atoms with Crippen LogP contribution in [-0.2, 0) is 14.3 Å². The summed E-state index contributed by atoms with van der Waals surface area (Å²) in [5.74, 6) is -0.618. The Morgan fingerprint density at radius 1 is 1.19 bits per heavy atom. The van der Waals surface area contributed by atoms with E-state index in [1.165, 1.54) is 7.11 Å². The highest BCUT2D eigenvalue weighted by Gasteiger charge is 2.21. The van der Waals surface area contributed by atoms with Crippen molar-refractivity contribution in [1.29, 1.82) is 0 Å². The second-order valence-electron chi connectivity index (χ2n) is 5.24. The number of amides is 3.